The van der Waals surface area contributed by atoms with Crippen molar-refractivity contribution in [2.24, 2.45) is 11.5 Å². The molecule has 1 rings (SSSR count). The Morgan fingerprint density at radius 2 is 1.94 bits per heavy atom. The van der Waals surface area contributed by atoms with Gasteiger partial charge >= 0.3 is 0 Å². The van der Waals surface area contributed by atoms with Crippen LogP contribution in [0.3, 0.4) is 0 Å². The zero-order chi connectivity index (χ0) is 13.9. The lowest BCUT2D eigenvalue weighted by Gasteiger charge is -2.12. The van der Waals surface area contributed by atoms with Crippen molar-refractivity contribution in [2.75, 3.05) is 5.32 Å². The summed E-state index contributed by atoms with van der Waals surface area (Å²) in [6.07, 6.45) is -0.233. The van der Waals surface area contributed by atoms with E-state index in [0.29, 0.717) is 15.7 Å². The number of anilines is 1. The number of carbonyl (C=O) groups is 2. The van der Waals surface area contributed by atoms with Crippen molar-refractivity contribution < 1.29 is 9.59 Å². The van der Waals surface area contributed by atoms with Crippen LogP contribution in [-0.2, 0) is 9.59 Å². The lowest BCUT2D eigenvalue weighted by molar-refractivity contribution is -0.123. The van der Waals surface area contributed by atoms with Gasteiger partial charge in [-0.25, -0.2) is 0 Å². The zero-order valence-corrected chi connectivity index (χ0v) is 11.2. The summed E-state index contributed by atoms with van der Waals surface area (Å²) in [5.74, 6) is -1.19. The lowest BCUT2D eigenvalue weighted by atomic mass is 10.2. The van der Waals surface area contributed by atoms with E-state index in [9.17, 15) is 9.59 Å². The number of aryl methyl sites for hydroxylation is 1. The Hall–Kier alpha value is -1.30. The minimum atomic E-state index is -1.02. The molecule has 0 saturated heterocycles. The van der Waals surface area contributed by atoms with Crippen molar-refractivity contribution in [2.45, 2.75) is 19.4 Å². The van der Waals surface area contributed by atoms with Crippen LogP contribution >= 0.6 is 23.2 Å². The molecule has 0 radical (unpaired) electrons. The van der Waals surface area contributed by atoms with Crippen molar-refractivity contribution >= 4 is 40.7 Å². The standard InChI is InChI=1S/C11H13Cl2N3O2/c1-5-2-7(13)9(3-6(5)12)16-11(18)8(14)4-10(15)17/h2-3,8H,4,14H2,1H3,(H2,15,17)(H,16,18). The Labute approximate surface area is 114 Å². The molecule has 0 bridgehead atoms. The second-order valence-corrected chi connectivity index (χ2v) is 4.66. The van der Waals surface area contributed by atoms with Gasteiger partial charge in [0.2, 0.25) is 11.8 Å². The van der Waals surface area contributed by atoms with Crippen molar-refractivity contribution in [3.63, 3.8) is 0 Å². The van der Waals surface area contributed by atoms with Crippen LogP contribution in [0.1, 0.15) is 12.0 Å². The molecule has 0 spiro atoms. The largest absolute Gasteiger partial charge is 0.370 e. The molecule has 7 heteroatoms. The number of benzene rings is 1. The summed E-state index contributed by atoms with van der Waals surface area (Å²) in [6.45, 7) is 1.79. The van der Waals surface area contributed by atoms with Crippen LogP contribution in [0.2, 0.25) is 10.0 Å². The van der Waals surface area contributed by atoms with E-state index in [0.717, 1.165) is 5.56 Å². The van der Waals surface area contributed by atoms with E-state index in [4.69, 9.17) is 34.7 Å². The fourth-order valence-electron chi connectivity index (χ4n) is 1.28. The molecule has 98 valence electrons. The normalized spacial score (nSPS) is 12.0. The van der Waals surface area contributed by atoms with Gasteiger partial charge in [0.05, 0.1) is 23.2 Å². The summed E-state index contributed by atoms with van der Waals surface area (Å²) >= 11 is 11.9. The third-order valence-corrected chi connectivity index (χ3v) is 2.98. The summed E-state index contributed by atoms with van der Waals surface area (Å²) in [7, 11) is 0. The van der Waals surface area contributed by atoms with Crippen molar-refractivity contribution in [1.29, 1.82) is 0 Å². The molecular formula is C11H13Cl2N3O2. The van der Waals surface area contributed by atoms with Gasteiger partial charge in [-0.15, -0.1) is 0 Å². The summed E-state index contributed by atoms with van der Waals surface area (Å²) in [6, 6.07) is 2.13. The van der Waals surface area contributed by atoms with Gasteiger partial charge in [0.15, 0.2) is 0 Å². The predicted octanol–water partition coefficient (Wildman–Crippen LogP) is 1.44. The zero-order valence-electron chi connectivity index (χ0n) is 9.67. The summed E-state index contributed by atoms with van der Waals surface area (Å²) < 4.78 is 0. The first kappa shape index (κ1) is 14.8. The SMILES string of the molecule is Cc1cc(Cl)c(NC(=O)C(N)CC(N)=O)cc1Cl. The molecule has 0 aliphatic carbocycles. The highest BCUT2D eigenvalue weighted by Crippen LogP contribution is 2.28. The number of rotatable bonds is 4. The summed E-state index contributed by atoms with van der Waals surface area (Å²) in [4.78, 5) is 22.3. The molecule has 1 aromatic rings. The van der Waals surface area contributed by atoms with Crippen molar-refractivity contribution in [1.82, 2.24) is 0 Å². The van der Waals surface area contributed by atoms with Crippen LogP contribution in [0.4, 0.5) is 5.69 Å². The Bertz CT molecular complexity index is 491. The van der Waals surface area contributed by atoms with Gasteiger partial charge in [-0.2, -0.15) is 0 Å². The van der Waals surface area contributed by atoms with E-state index < -0.39 is 17.9 Å². The number of hydrogen-bond acceptors (Lipinski definition) is 3. The number of nitrogens with one attached hydrogen (secondary N) is 1. The quantitative estimate of drug-likeness (QED) is 0.782. The number of halogens is 2. The van der Waals surface area contributed by atoms with Crippen LogP contribution in [-0.4, -0.2) is 17.9 Å². The van der Waals surface area contributed by atoms with E-state index in [1.807, 2.05) is 0 Å². The van der Waals surface area contributed by atoms with Crippen LogP contribution in [0, 0.1) is 6.92 Å². The van der Waals surface area contributed by atoms with Crippen LogP contribution in [0.5, 0.6) is 0 Å². The number of carbonyl (C=O) groups excluding carboxylic acids is 2. The van der Waals surface area contributed by atoms with Gasteiger partial charge in [-0.05, 0) is 24.6 Å². The maximum atomic E-state index is 11.7. The second-order valence-electron chi connectivity index (χ2n) is 3.85. The van der Waals surface area contributed by atoms with E-state index in [2.05, 4.69) is 5.32 Å². The minimum absolute atomic E-state index is 0.233. The van der Waals surface area contributed by atoms with Gasteiger partial charge in [-0.1, -0.05) is 23.2 Å². The Balaban J connectivity index is 2.82. The molecule has 0 aromatic heterocycles. The first-order chi connectivity index (χ1) is 8.31. The molecule has 0 fully saturated rings. The highest BCUT2D eigenvalue weighted by Gasteiger charge is 2.17. The second kappa shape index (κ2) is 6.04. The fraction of sp³-hybridized carbons (Fsp3) is 0.273. The molecule has 1 unspecified atom stereocenters. The number of amides is 2. The lowest BCUT2D eigenvalue weighted by Crippen LogP contribution is -2.39. The molecule has 5 nitrogen and oxygen atoms in total. The number of nitrogens with two attached hydrogens (primary N) is 2. The molecule has 1 atom stereocenters. The minimum Gasteiger partial charge on any atom is -0.370 e. The average molecular weight is 290 g/mol. The third kappa shape index (κ3) is 3.87. The topological polar surface area (TPSA) is 98.2 Å². The van der Waals surface area contributed by atoms with Crippen LogP contribution in [0.25, 0.3) is 0 Å². The molecule has 18 heavy (non-hydrogen) atoms. The third-order valence-electron chi connectivity index (χ3n) is 2.26. The van der Waals surface area contributed by atoms with Gasteiger partial charge in [0.25, 0.3) is 0 Å². The molecule has 0 aliphatic heterocycles. The highest BCUT2D eigenvalue weighted by molar-refractivity contribution is 6.36. The first-order valence-corrected chi connectivity index (χ1v) is 5.87. The van der Waals surface area contributed by atoms with E-state index in [1.165, 1.54) is 6.07 Å². The van der Waals surface area contributed by atoms with Crippen molar-refractivity contribution in [3.05, 3.63) is 27.7 Å². The fourth-order valence-corrected chi connectivity index (χ4v) is 1.71. The summed E-state index contributed by atoms with van der Waals surface area (Å²) in [5, 5.41) is 3.31. The average Bonchev–Trinajstić information content (AvgIpc) is 2.24. The Kier molecular flexibility index (Phi) is 4.95. The molecule has 5 N–H and O–H groups in total. The predicted molar refractivity (Wildman–Crippen MR) is 71.6 cm³/mol. The molecule has 0 heterocycles. The van der Waals surface area contributed by atoms with E-state index >= 15 is 0 Å². The molecule has 2 amide bonds. The molecule has 1 aromatic carbocycles. The molecule has 0 saturated carbocycles. The highest BCUT2D eigenvalue weighted by atomic mass is 35.5. The monoisotopic (exact) mass is 289 g/mol. The number of primary amides is 1. The first-order valence-electron chi connectivity index (χ1n) is 5.11. The van der Waals surface area contributed by atoms with E-state index in [-0.39, 0.29) is 6.42 Å². The maximum Gasteiger partial charge on any atom is 0.241 e. The van der Waals surface area contributed by atoms with Gasteiger partial charge in [0.1, 0.15) is 0 Å². The Morgan fingerprint density at radius 1 is 1.33 bits per heavy atom. The van der Waals surface area contributed by atoms with E-state index in [1.54, 1.807) is 13.0 Å². The summed E-state index contributed by atoms with van der Waals surface area (Å²) in [5.41, 5.74) is 11.6. The van der Waals surface area contributed by atoms with Gasteiger partial charge in [-0.3, -0.25) is 9.59 Å². The van der Waals surface area contributed by atoms with Crippen LogP contribution < -0.4 is 16.8 Å². The Morgan fingerprint density at radius 3 is 2.50 bits per heavy atom. The number of hydrogen-bond donors (Lipinski definition) is 3. The maximum absolute atomic E-state index is 11.7. The molecule has 0 aliphatic rings. The van der Waals surface area contributed by atoms with Crippen molar-refractivity contribution in [3.8, 4) is 0 Å². The smallest absolute Gasteiger partial charge is 0.241 e. The van der Waals surface area contributed by atoms with Crippen LogP contribution in [0.15, 0.2) is 12.1 Å². The van der Waals surface area contributed by atoms with Gasteiger partial charge < -0.3 is 16.8 Å². The molecular weight excluding hydrogens is 277 g/mol. The van der Waals surface area contributed by atoms with Gasteiger partial charge in [0, 0.05) is 5.02 Å².